The Labute approximate surface area is 126 Å². The molecule has 0 aliphatic carbocycles. The largest absolute Gasteiger partial charge is 0.384 e. The number of hydrogen-bond acceptors (Lipinski definition) is 4. The standard InChI is InChI=1S/C17H24N4/c18-16-12-6-10-14(20-16)8-4-2-1-3-5-9-15-11-7-13-17(19)21-15/h6-7,10-13H,1-5,8-9H2,(H2,18,20)(H2,19,21). The van der Waals surface area contributed by atoms with Crippen molar-refractivity contribution in [2.75, 3.05) is 11.5 Å². The molecule has 0 saturated carbocycles. The van der Waals surface area contributed by atoms with Crippen molar-refractivity contribution < 1.29 is 0 Å². The van der Waals surface area contributed by atoms with Crippen LogP contribution in [0.4, 0.5) is 11.6 Å². The quantitative estimate of drug-likeness (QED) is 0.728. The zero-order chi connectivity index (χ0) is 14.9. The van der Waals surface area contributed by atoms with Crippen molar-refractivity contribution in [3.05, 3.63) is 47.8 Å². The van der Waals surface area contributed by atoms with Crippen molar-refractivity contribution in [2.45, 2.75) is 44.9 Å². The summed E-state index contributed by atoms with van der Waals surface area (Å²) in [5.41, 5.74) is 13.5. The van der Waals surface area contributed by atoms with Gasteiger partial charge in [-0.05, 0) is 49.9 Å². The van der Waals surface area contributed by atoms with Crippen molar-refractivity contribution in [2.24, 2.45) is 0 Å². The Kier molecular flexibility index (Phi) is 6.00. The first-order valence-corrected chi connectivity index (χ1v) is 7.67. The molecule has 0 amide bonds. The maximum atomic E-state index is 5.67. The lowest BCUT2D eigenvalue weighted by Gasteiger charge is -2.03. The smallest absolute Gasteiger partial charge is 0.123 e. The number of unbranched alkanes of at least 4 members (excludes halogenated alkanes) is 4. The molecule has 2 rings (SSSR count). The first-order chi connectivity index (χ1) is 10.2. The van der Waals surface area contributed by atoms with E-state index in [9.17, 15) is 0 Å². The van der Waals surface area contributed by atoms with Crippen LogP contribution in [-0.2, 0) is 12.8 Å². The van der Waals surface area contributed by atoms with E-state index in [2.05, 4.69) is 9.97 Å². The molecule has 0 fully saturated rings. The summed E-state index contributed by atoms with van der Waals surface area (Å²) in [6.07, 6.45) is 8.11. The van der Waals surface area contributed by atoms with Crippen LogP contribution in [0.2, 0.25) is 0 Å². The maximum absolute atomic E-state index is 5.67. The topological polar surface area (TPSA) is 77.8 Å². The summed E-state index contributed by atoms with van der Waals surface area (Å²) in [5.74, 6) is 1.23. The van der Waals surface area contributed by atoms with E-state index in [1.807, 2.05) is 36.4 Å². The summed E-state index contributed by atoms with van der Waals surface area (Å²) < 4.78 is 0. The van der Waals surface area contributed by atoms with Gasteiger partial charge in [0.2, 0.25) is 0 Å². The van der Waals surface area contributed by atoms with Gasteiger partial charge in [-0.1, -0.05) is 31.4 Å². The second kappa shape index (κ2) is 8.25. The average molecular weight is 284 g/mol. The van der Waals surface area contributed by atoms with Gasteiger partial charge in [0.05, 0.1) is 0 Å². The van der Waals surface area contributed by atoms with E-state index in [1.165, 1.54) is 32.1 Å². The van der Waals surface area contributed by atoms with Gasteiger partial charge in [-0.3, -0.25) is 0 Å². The number of pyridine rings is 2. The highest BCUT2D eigenvalue weighted by Crippen LogP contribution is 2.11. The van der Waals surface area contributed by atoms with Gasteiger partial charge in [-0.25, -0.2) is 9.97 Å². The number of nitrogens with two attached hydrogens (primary N) is 2. The van der Waals surface area contributed by atoms with Crippen LogP contribution in [0.25, 0.3) is 0 Å². The lowest BCUT2D eigenvalue weighted by molar-refractivity contribution is 0.608. The molecule has 0 saturated heterocycles. The SMILES string of the molecule is Nc1cccc(CCCCCCCc2cccc(N)n2)n1. The van der Waals surface area contributed by atoms with E-state index in [1.54, 1.807) is 0 Å². The highest BCUT2D eigenvalue weighted by Gasteiger charge is 1.98. The Hall–Kier alpha value is -2.10. The summed E-state index contributed by atoms with van der Waals surface area (Å²) in [4.78, 5) is 8.63. The van der Waals surface area contributed by atoms with Gasteiger partial charge in [-0.2, -0.15) is 0 Å². The fourth-order valence-corrected chi connectivity index (χ4v) is 2.42. The molecule has 0 spiro atoms. The third-order valence-corrected chi connectivity index (χ3v) is 3.52. The molecule has 0 aliphatic heterocycles. The number of nitrogens with zero attached hydrogens (tertiary/aromatic N) is 2. The molecule has 21 heavy (non-hydrogen) atoms. The van der Waals surface area contributed by atoms with Crippen LogP contribution in [0, 0.1) is 0 Å². The molecular formula is C17H24N4. The molecule has 0 aliphatic rings. The van der Waals surface area contributed by atoms with Crippen LogP contribution < -0.4 is 11.5 Å². The Morgan fingerprint density at radius 3 is 1.48 bits per heavy atom. The van der Waals surface area contributed by atoms with Gasteiger partial charge in [0.1, 0.15) is 11.6 Å². The number of hydrogen-bond donors (Lipinski definition) is 2. The molecular weight excluding hydrogens is 260 g/mol. The normalized spacial score (nSPS) is 10.7. The van der Waals surface area contributed by atoms with E-state index in [-0.39, 0.29) is 0 Å². The third-order valence-electron chi connectivity index (χ3n) is 3.52. The first-order valence-electron chi connectivity index (χ1n) is 7.67. The Morgan fingerprint density at radius 1 is 0.619 bits per heavy atom. The number of rotatable bonds is 8. The van der Waals surface area contributed by atoms with Crippen molar-refractivity contribution >= 4 is 11.6 Å². The molecule has 0 bridgehead atoms. The summed E-state index contributed by atoms with van der Waals surface area (Å²) in [6.45, 7) is 0. The molecule has 0 atom stereocenters. The van der Waals surface area contributed by atoms with Gasteiger partial charge in [0.25, 0.3) is 0 Å². The summed E-state index contributed by atoms with van der Waals surface area (Å²) in [6, 6.07) is 11.7. The monoisotopic (exact) mass is 284 g/mol. The molecule has 0 unspecified atom stereocenters. The van der Waals surface area contributed by atoms with Crippen LogP contribution in [-0.4, -0.2) is 9.97 Å². The molecule has 112 valence electrons. The summed E-state index contributed by atoms with van der Waals surface area (Å²) in [5, 5.41) is 0. The van der Waals surface area contributed by atoms with Crippen molar-refractivity contribution in [3.8, 4) is 0 Å². The fraction of sp³-hybridized carbons (Fsp3) is 0.412. The second-order valence-electron chi connectivity index (χ2n) is 5.38. The molecule has 4 nitrogen and oxygen atoms in total. The molecule has 0 radical (unpaired) electrons. The lowest BCUT2D eigenvalue weighted by atomic mass is 10.1. The fourth-order valence-electron chi connectivity index (χ4n) is 2.42. The van der Waals surface area contributed by atoms with Crippen LogP contribution >= 0.6 is 0 Å². The van der Waals surface area contributed by atoms with Crippen molar-refractivity contribution in [3.63, 3.8) is 0 Å². The van der Waals surface area contributed by atoms with Gasteiger partial charge >= 0.3 is 0 Å². The Bertz CT molecular complexity index is 504. The molecule has 0 aromatic carbocycles. The number of aryl methyl sites for hydroxylation is 2. The average Bonchev–Trinajstić information content (AvgIpc) is 2.46. The number of aromatic nitrogens is 2. The van der Waals surface area contributed by atoms with Gasteiger partial charge < -0.3 is 11.5 Å². The first kappa shape index (κ1) is 15.3. The molecule has 4 N–H and O–H groups in total. The highest BCUT2D eigenvalue weighted by atomic mass is 14.8. The number of nitrogen functional groups attached to an aromatic ring is 2. The minimum Gasteiger partial charge on any atom is -0.384 e. The summed E-state index contributed by atoms with van der Waals surface area (Å²) >= 11 is 0. The van der Waals surface area contributed by atoms with Crippen molar-refractivity contribution in [1.82, 2.24) is 9.97 Å². The molecule has 2 heterocycles. The Balaban J connectivity index is 1.54. The van der Waals surface area contributed by atoms with Crippen LogP contribution in [0.3, 0.4) is 0 Å². The van der Waals surface area contributed by atoms with E-state index >= 15 is 0 Å². The Morgan fingerprint density at radius 2 is 1.05 bits per heavy atom. The second-order valence-corrected chi connectivity index (χ2v) is 5.38. The number of anilines is 2. The van der Waals surface area contributed by atoms with Crippen molar-refractivity contribution in [1.29, 1.82) is 0 Å². The van der Waals surface area contributed by atoms with Crippen LogP contribution in [0.15, 0.2) is 36.4 Å². The highest BCUT2D eigenvalue weighted by molar-refractivity contribution is 5.29. The zero-order valence-corrected chi connectivity index (χ0v) is 12.5. The predicted octanol–water partition coefficient (Wildman–Crippen LogP) is 3.38. The minimum absolute atomic E-state index is 0.613. The van der Waals surface area contributed by atoms with Crippen LogP contribution in [0.1, 0.15) is 43.5 Å². The molecule has 2 aromatic heterocycles. The van der Waals surface area contributed by atoms with Crippen LogP contribution in [0.5, 0.6) is 0 Å². The van der Waals surface area contributed by atoms with E-state index < -0.39 is 0 Å². The molecule has 4 heteroatoms. The van der Waals surface area contributed by atoms with E-state index in [0.29, 0.717) is 11.6 Å². The lowest BCUT2D eigenvalue weighted by Crippen LogP contribution is -1.96. The zero-order valence-electron chi connectivity index (χ0n) is 12.5. The summed E-state index contributed by atoms with van der Waals surface area (Å²) in [7, 11) is 0. The maximum Gasteiger partial charge on any atom is 0.123 e. The van der Waals surface area contributed by atoms with E-state index in [0.717, 1.165) is 24.2 Å². The van der Waals surface area contributed by atoms with Gasteiger partial charge in [-0.15, -0.1) is 0 Å². The predicted molar refractivity (Wildman–Crippen MR) is 87.8 cm³/mol. The van der Waals surface area contributed by atoms with Gasteiger partial charge in [0.15, 0.2) is 0 Å². The third kappa shape index (κ3) is 5.81. The van der Waals surface area contributed by atoms with E-state index in [4.69, 9.17) is 11.5 Å². The van der Waals surface area contributed by atoms with Gasteiger partial charge in [0, 0.05) is 11.4 Å². The minimum atomic E-state index is 0.613. The molecule has 2 aromatic rings.